The predicted octanol–water partition coefficient (Wildman–Crippen LogP) is 2.69. The van der Waals surface area contributed by atoms with Gasteiger partial charge in [0.05, 0.1) is 0 Å². The highest BCUT2D eigenvalue weighted by molar-refractivity contribution is 6.31. The van der Waals surface area contributed by atoms with Crippen LogP contribution in [0.2, 0.25) is 0 Å². The average molecular weight is 353 g/mol. The van der Waals surface area contributed by atoms with Crippen molar-refractivity contribution in [2.24, 2.45) is 0 Å². The molecular formula is C20H23N3O3. The molecule has 0 spiro atoms. The zero-order valence-electron chi connectivity index (χ0n) is 14.7. The van der Waals surface area contributed by atoms with Crippen LogP contribution in [0.1, 0.15) is 44.1 Å². The molecule has 1 aromatic carbocycles. The van der Waals surface area contributed by atoms with E-state index in [4.69, 9.17) is 0 Å². The van der Waals surface area contributed by atoms with Crippen LogP contribution in [-0.2, 0) is 9.59 Å². The third-order valence-electron chi connectivity index (χ3n) is 5.50. The van der Waals surface area contributed by atoms with Crippen molar-refractivity contribution in [2.75, 3.05) is 18.0 Å². The number of nitrogens with one attached hydrogen (secondary N) is 1. The lowest BCUT2D eigenvalue weighted by Gasteiger charge is -2.31. The van der Waals surface area contributed by atoms with Crippen LogP contribution in [0.4, 0.5) is 10.5 Å². The van der Waals surface area contributed by atoms with Crippen molar-refractivity contribution in [1.29, 1.82) is 0 Å². The molecule has 136 valence electrons. The monoisotopic (exact) mass is 353 g/mol. The number of anilines is 1. The van der Waals surface area contributed by atoms with Gasteiger partial charge in [0, 0.05) is 24.8 Å². The molecule has 4 amide bonds. The third kappa shape index (κ3) is 3.11. The standard InChI is InChI=1S/C20H23N3O3/c24-18-17(19(25)23(20(26)21-18)16-5-1-2-6-16)13-14-7-9-15(10-8-14)22-11-3-4-12-22/h7-10,13,16H,1-6,11-12H2,(H,21,24,26)/b17-13+. The molecule has 1 N–H and O–H groups in total. The number of barbiturate groups is 1. The SMILES string of the molecule is O=C1NC(=O)N(C2CCCC2)C(=O)/C1=C/c1ccc(N2CCCC2)cc1. The Bertz CT molecular complexity index is 757. The van der Waals surface area contributed by atoms with Crippen LogP contribution in [0.5, 0.6) is 0 Å². The van der Waals surface area contributed by atoms with Gasteiger partial charge in [0.15, 0.2) is 0 Å². The van der Waals surface area contributed by atoms with Gasteiger partial charge in [-0.1, -0.05) is 25.0 Å². The molecule has 2 aliphatic heterocycles. The lowest BCUT2D eigenvalue weighted by Crippen LogP contribution is -2.57. The first-order valence-electron chi connectivity index (χ1n) is 9.39. The van der Waals surface area contributed by atoms with Gasteiger partial charge in [-0.05, 0) is 49.5 Å². The minimum absolute atomic E-state index is 0.0328. The maximum absolute atomic E-state index is 12.8. The summed E-state index contributed by atoms with van der Waals surface area (Å²) in [4.78, 5) is 40.7. The van der Waals surface area contributed by atoms with E-state index in [0.717, 1.165) is 50.0 Å². The van der Waals surface area contributed by atoms with E-state index in [1.165, 1.54) is 17.7 Å². The van der Waals surface area contributed by atoms with Gasteiger partial charge < -0.3 is 4.90 Å². The molecule has 2 saturated heterocycles. The molecule has 2 heterocycles. The van der Waals surface area contributed by atoms with E-state index >= 15 is 0 Å². The van der Waals surface area contributed by atoms with Crippen LogP contribution in [-0.4, -0.2) is 41.9 Å². The largest absolute Gasteiger partial charge is 0.372 e. The summed E-state index contributed by atoms with van der Waals surface area (Å²) >= 11 is 0. The highest BCUT2D eigenvalue weighted by Gasteiger charge is 2.40. The second-order valence-corrected chi connectivity index (χ2v) is 7.22. The Morgan fingerprint density at radius 1 is 0.923 bits per heavy atom. The molecule has 0 unspecified atom stereocenters. The van der Waals surface area contributed by atoms with Crippen molar-refractivity contribution in [2.45, 2.75) is 44.6 Å². The summed E-state index contributed by atoms with van der Waals surface area (Å²) in [6.07, 6.45) is 7.65. The molecule has 6 heteroatoms. The minimum Gasteiger partial charge on any atom is -0.372 e. The topological polar surface area (TPSA) is 69.7 Å². The fraction of sp³-hybridized carbons (Fsp3) is 0.450. The van der Waals surface area contributed by atoms with E-state index in [0.29, 0.717) is 0 Å². The summed E-state index contributed by atoms with van der Waals surface area (Å²) in [7, 11) is 0. The van der Waals surface area contributed by atoms with Crippen LogP contribution in [0.15, 0.2) is 29.8 Å². The van der Waals surface area contributed by atoms with Gasteiger partial charge in [-0.3, -0.25) is 19.8 Å². The zero-order chi connectivity index (χ0) is 18.1. The third-order valence-corrected chi connectivity index (χ3v) is 5.50. The van der Waals surface area contributed by atoms with Gasteiger partial charge in [0.2, 0.25) is 0 Å². The maximum atomic E-state index is 12.8. The van der Waals surface area contributed by atoms with Gasteiger partial charge in [-0.25, -0.2) is 4.79 Å². The first-order valence-corrected chi connectivity index (χ1v) is 9.39. The van der Waals surface area contributed by atoms with Crippen molar-refractivity contribution < 1.29 is 14.4 Å². The molecule has 0 bridgehead atoms. The second kappa shape index (κ2) is 6.94. The van der Waals surface area contributed by atoms with Gasteiger partial charge in [-0.15, -0.1) is 0 Å². The van der Waals surface area contributed by atoms with Crippen LogP contribution in [0, 0.1) is 0 Å². The Morgan fingerprint density at radius 2 is 1.58 bits per heavy atom. The van der Waals surface area contributed by atoms with E-state index in [-0.39, 0.29) is 11.6 Å². The highest BCUT2D eigenvalue weighted by atomic mass is 16.2. The Labute approximate surface area is 152 Å². The summed E-state index contributed by atoms with van der Waals surface area (Å²) in [6.45, 7) is 2.14. The van der Waals surface area contributed by atoms with Crippen LogP contribution in [0.25, 0.3) is 6.08 Å². The number of carbonyl (C=O) groups excluding carboxylic acids is 3. The number of rotatable bonds is 3. The van der Waals surface area contributed by atoms with Crippen molar-refractivity contribution in [3.63, 3.8) is 0 Å². The number of amides is 4. The molecule has 26 heavy (non-hydrogen) atoms. The Hall–Kier alpha value is -2.63. The van der Waals surface area contributed by atoms with Crippen molar-refractivity contribution in [3.8, 4) is 0 Å². The molecule has 0 radical (unpaired) electrons. The fourth-order valence-electron chi connectivity index (χ4n) is 4.09. The maximum Gasteiger partial charge on any atom is 0.331 e. The van der Waals surface area contributed by atoms with Crippen LogP contribution < -0.4 is 10.2 Å². The molecule has 1 saturated carbocycles. The summed E-state index contributed by atoms with van der Waals surface area (Å²) in [5.74, 6) is -1.09. The molecule has 0 aromatic heterocycles. The van der Waals surface area contributed by atoms with E-state index in [2.05, 4.69) is 10.2 Å². The van der Waals surface area contributed by atoms with Crippen molar-refractivity contribution >= 4 is 29.6 Å². The molecule has 4 rings (SSSR count). The lowest BCUT2D eigenvalue weighted by atomic mass is 10.0. The summed E-state index contributed by atoms with van der Waals surface area (Å²) in [6, 6.07) is 7.17. The number of urea groups is 1. The first-order chi connectivity index (χ1) is 12.6. The normalized spacial score (nSPS) is 23.2. The van der Waals surface area contributed by atoms with E-state index in [1.54, 1.807) is 6.08 Å². The van der Waals surface area contributed by atoms with Gasteiger partial charge in [-0.2, -0.15) is 0 Å². The molecule has 3 fully saturated rings. The number of benzene rings is 1. The Balaban J connectivity index is 1.57. The average Bonchev–Trinajstić information content (AvgIpc) is 3.33. The second-order valence-electron chi connectivity index (χ2n) is 7.22. The van der Waals surface area contributed by atoms with Gasteiger partial charge in [0.1, 0.15) is 5.57 Å². The van der Waals surface area contributed by atoms with E-state index in [1.807, 2.05) is 24.3 Å². The molecular weight excluding hydrogens is 330 g/mol. The van der Waals surface area contributed by atoms with Crippen molar-refractivity contribution in [1.82, 2.24) is 10.2 Å². The number of hydrogen-bond acceptors (Lipinski definition) is 4. The van der Waals surface area contributed by atoms with E-state index < -0.39 is 17.8 Å². The Kier molecular flexibility index (Phi) is 4.49. The van der Waals surface area contributed by atoms with Gasteiger partial charge >= 0.3 is 6.03 Å². The predicted molar refractivity (Wildman–Crippen MR) is 98.5 cm³/mol. The number of imide groups is 2. The fourth-order valence-corrected chi connectivity index (χ4v) is 4.09. The lowest BCUT2D eigenvalue weighted by molar-refractivity contribution is -0.131. The molecule has 1 aromatic rings. The number of carbonyl (C=O) groups is 3. The smallest absolute Gasteiger partial charge is 0.331 e. The molecule has 0 atom stereocenters. The summed E-state index contributed by atoms with van der Waals surface area (Å²) in [5.41, 5.74) is 1.98. The quantitative estimate of drug-likeness (QED) is 0.670. The highest BCUT2D eigenvalue weighted by Crippen LogP contribution is 2.27. The minimum atomic E-state index is -0.613. The van der Waals surface area contributed by atoms with E-state index in [9.17, 15) is 14.4 Å². The van der Waals surface area contributed by atoms with Gasteiger partial charge in [0.25, 0.3) is 11.8 Å². The molecule has 1 aliphatic carbocycles. The molecule has 6 nitrogen and oxygen atoms in total. The first kappa shape index (κ1) is 16.8. The van der Waals surface area contributed by atoms with Crippen molar-refractivity contribution in [3.05, 3.63) is 35.4 Å². The summed E-state index contributed by atoms with van der Waals surface area (Å²) < 4.78 is 0. The van der Waals surface area contributed by atoms with Crippen LogP contribution in [0.3, 0.4) is 0 Å². The number of hydrogen-bond donors (Lipinski definition) is 1. The molecule has 3 aliphatic rings. The van der Waals surface area contributed by atoms with Crippen LogP contribution >= 0.6 is 0 Å². The Morgan fingerprint density at radius 3 is 2.23 bits per heavy atom. The summed E-state index contributed by atoms with van der Waals surface area (Å²) in [5, 5.41) is 2.31. The zero-order valence-corrected chi connectivity index (χ0v) is 14.7. The number of nitrogens with zero attached hydrogens (tertiary/aromatic N) is 2.